The van der Waals surface area contributed by atoms with Gasteiger partial charge in [-0.1, -0.05) is 34.1 Å². The fraction of sp³-hybridized carbons (Fsp3) is 1.00. The van der Waals surface area contributed by atoms with Crippen molar-refractivity contribution in [1.82, 2.24) is 0 Å². The number of hydrogen-bond acceptors (Lipinski definition) is 3. The van der Waals surface area contributed by atoms with Crippen molar-refractivity contribution < 1.29 is 15.3 Å². The average molecular weight is 367 g/mol. The molecular weight excluding hydrogens is 324 g/mol. The van der Waals surface area contributed by atoms with E-state index in [1.807, 2.05) is 0 Å². The van der Waals surface area contributed by atoms with E-state index < -0.39 is 0 Å². The van der Waals surface area contributed by atoms with Crippen molar-refractivity contribution in [2.24, 2.45) is 47.3 Å². The van der Waals surface area contributed by atoms with Crippen molar-refractivity contribution in [3.8, 4) is 0 Å². The lowest BCUT2D eigenvalue weighted by atomic mass is 9.57. The van der Waals surface area contributed by atoms with Crippen LogP contribution in [0.4, 0.5) is 0 Å². The van der Waals surface area contributed by atoms with E-state index in [1.165, 1.54) is 6.42 Å². The molecule has 0 aromatic heterocycles. The first-order valence-corrected chi connectivity index (χ1v) is 11.3. The van der Waals surface area contributed by atoms with Crippen molar-refractivity contribution >= 4 is 0 Å². The molecule has 6 atom stereocenters. The first kappa shape index (κ1) is 20.6. The van der Waals surface area contributed by atoms with Gasteiger partial charge in [0.15, 0.2) is 0 Å². The van der Waals surface area contributed by atoms with Crippen molar-refractivity contribution in [3.63, 3.8) is 0 Å². The van der Waals surface area contributed by atoms with Crippen molar-refractivity contribution in [2.45, 2.75) is 97.4 Å². The molecule has 0 aliphatic heterocycles. The summed E-state index contributed by atoms with van der Waals surface area (Å²) in [5, 5.41) is 31.2. The first-order valence-electron chi connectivity index (χ1n) is 11.3. The highest BCUT2D eigenvalue weighted by Crippen LogP contribution is 2.51. The second-order valence-corrected chi connectivity index (χ2v) is 10.5. The van der Waals surface area contributed by atoms with Gasteiger partial charge < -0.3 is 15.3 Å². The predicted octanol–water partition coefficient (Wildman–Crippen LogP) is 4.24. The average Bonchev–Trinajstić information content (AvgIpc) is 2.57. The molecule has 3 N–H and O–H groups in total. The fourth-order valence-electron chi connectivity index (χ4n) is 7.12. The van der Waals surface area contributed by atoms with Crippen LogP contribution in [-0.4, -0.2) is 33.6 Å². The van der Waals surface area contributed by atoms with E-state index in [0.717, 1.165) is 44.9 Å². The Bertz CT molecular complexity index is 399. The van der Waals surface area contributed by atoms with Crippen LogP contribution in [0.25, 0.3) is 0 Å². The van der Waals surface area contributed by atoms with Gasteiger partial charge in [-0.25, -0.2) is 0 Å². The molecule has 3 fully saturated rings. The van der Waals surface area contributed by atoms with Gasteiger partial charge >= 0.3 is 0 Å². The second-order valence-electron chi connectivity index (χ2n) is 10.5. The Morgan fingerprint density at radius 3 is 1.38 bits per heavy atom. The number of aliphatic hydroxyl groups is 3. The molecule has 3 aliphatic carbocycles. The molecule has 6 unspecified atom stereocenters. The topological polar surface area (TPSA) is 60.7 Å². The molecule has 0 amide bonds. The van der Waals surface area contributed by atoms with Crippen LogP contribution in [0.1, 0.15) is 79.1 Å². The highest BCUT2D eigenvalue weighted by molar-refractivity contribution is 4.95. The van der Waals surface area contributed by atoms with Gasteiger partial charge in [0, 0.05) is 0 Å². The zero-order valence-electron chi connectivity index (χ0n) is 17.3. The monoisotopic (exact) mass is 366 g/mol. The third kappa shape index (κ3) is 4.31. The lowest BCUT2D eigenvalue weighted by Crippen LogP contribution is -2.45. The molecule has 0 aromatic rings. The van der Waals surface area contributed by atoms with Gasteiger partial charge in [-0.2, -0.15) is 0 Å². The van der Waals surface area contributed by atoms with Crippen LogP contribution >= 0.6 is 0 Å². The Balaban J connectivity index is 1.82. The van der Waals surface area contributed by atoms with Crippen LogP contribution in [0, 0.1) is 47.3 Å². The zero-order chi connectivity index (χ0) is 19.0. The molecule has 3 aliphatic rings. The summed E-state index contributed by atoms with van der Waals surface area (Å²) in [6.45, 7) is 8.87. The predicted molar refractivity (Wildman–Crippen MR) is 106 cm³/mol. The first-order chi connectivity index (χ1) is 12.3. The Morgan fingerprint density at radius 2 is 1.00 bits per heavy atom. The summed E-state index contributed by atoms with van der Waals surface area (Å²) in [6.07, 6.45) is 8.43. The molecule has 0 spiro atoms. The van der Waals surface area contributed by atoms with Gasteiger partial charge in [0.25, 0.3) is 0 Å². The van der Waals surface area contributed by atoms with E-state index in [1.54, 1.807) is 0 Å². The van der Waals surface area contributed by atoms with Gasteiger partial charge in [-0.15, -0.1) is 0 Å². The van der Waals surface area contributed by atoms with Gasteiger partial charge in [0.2, 0.25) is 0 Å². The van der Waals surface area contributed by atoms with Crippen LogP contribution in [0.2, 0.25) is 0 Å². The highest BCUT2D eigenvalue weighted by atomic mass is 16.3. The zero-order valence-corrected chi connectivity index (χ0v) is 17.3. The Morgan fingerprint density at radius 1 is 0.577 bits per heavy atom. The summed E-state index contributed by atoms with van der Waals surface area (Å²) in [5.41, 5.74) is 0. The van der Waals surface area contributed by atoms with Crippen LogP contribution in [-0.2, 0) is 0 Å². The maximum Gasteiger partial charge on any atom is 0.0591 e. The van der Waals surface area contributed by atoms with Crippen molar-refractivity contribution in [1.29, 1.82) is 0 Å². The molecule has 0 radical (unpaired) electrons. The van der Waals surface area contributed by atoms with E-state index in [-0.39, 0.29) is 18.3 Å². The minimum atomic E-state index is -0.158. The summed E-state index contributed by atoms with van der Waals surface area (Å²) in [5.74, 6) is 4.12. The number of rotatable bonds is 3. The molecule has 3 rings (SSSR count). The van der Waals surface area contributed by atoms with Crippen LogP contribution < -0.4 is 0 Å². The van der Waals surface area contributed by atoms with Gasteiger partial charge in [0.05, 0.1) is 18.3 Å². The molecule has 0 saturated heterocycles. The summed E-state index contributed by atoms with van der Waals surface area (Å²) < 4.78 is 0. The molecular formula is C23H42O3. The molecule has 0 bridgehead atoms. The molecule has 26 heavy (non-hydrogen) atoms. The smallest absolute Gasteiger partial charge is 0.0591 e. The maximum absolute atomic E-state index is 10.5. The number of aliphatic hydroxyl groups excluding tert-OH is 3. The third-order valence-corrected chi connectivity index (χ3v) is 8.35. The van der Waals surface area contributed by atoms with Gasteiger partial charge in [-0.3, -0.25) is 0 Å². The minimum Gasteiger partial charge on any atom is -0.393 e. The van der Waals surface area contributed by atoms with E-state index in [0.29, 0.717) is 47.3 Å². The maximum atomic E-state index is 10.5. The SMILES string of the molecule is CC1CC(C(C2CCCC(O)C2)C2CC(C)C(O)C(C)C2)CC(C)C1O. The molecule has 152 valence electrons. The minimum absolute atomic E-state index is 0.121. The van der Waals surface area contributed by atoms with Crippen LogP contribution in [0.5, 0.6) is 0 Å². The highest BCUT2D eigenvalue weighted by Gasteiger charge is 2.45. The third-order valence-electron chi connectivity index (χ3n) is 8.35. The van der Waals surface area contributed by atoms with E-state index >= 15 is 0 Å². The van der Waals surface area contributed by atoms with E-state index in [4.69, 9.17) is 0 Å². The van der Waals surface area contributed by atoms with Gasteiger partial charge in [0.1, 0.15) is 0 Å². The van der Waals surface area contributed by atoms with Crippen molar-refractivity contribution in [2.75, 3.05) is 0 Å². The quantitative estimate of drug-likeness (QED) is 0.700. The summed E-state index contributed by atoms with van der Waals surface area (Å²) in [7, 11) is 0. The lowest BCUT2D eigenvalue weighted by Gasteiger charge is -2.50. The van der Waals surface area contributed by atoms with Crippen LogP contribution in [0.3, 0.4) is 0 Å². The standard InChI is InChI=1S/C23H42O3/c1-13-8-18(9-14(2)22(13)25)21(17-6-5-7-20(24)12-17)19-10-15(3)23(26)16(4)11-19/h13-26H,5-12H2,1-4H3. The number of hydrogen-bond donors (Lipinski definition) is 3. The Hall–Kier alpha value is -0.120. The molecule has 3 nitrogen and oxygen atoms in total. The normalized spacial score (nSPS) is 51.8. The van der Waals surface area contributed by atoms with Crippen molar-refractivity contribution in [3.05, 3.63) is 0 Å². The van der Waals surface area contributed by atoms with E-state index in [9.17, 15) is 15.3 Å². The molecule has 3 heteroatoms. The Kier molecular flexibility index (Phi) is 6.73. The molecule has 0 aromatic carbocycles. The lowest BCUT2D eigenvalue weighted by molar-refractivity contribution is -0.0634. The van der Waals surface area contributed by atoms with Crippen LogP contribution in [0.15, 0.2) is 0 Å². The summed E-state index contributed by atoms with van der Waals surface area (Å²) in [6, 6.07) is 0. The van der Waals surface area contributed by atoms with Gasteiger partial charge in [-0.05, 0) is 92.3 Å². The summed E-state index contributed by atoms with van der Waals surface area (Å²) >= 11 is 0. The second kappa shape index (κ2) is 8.49. The van der Waals surface area contributed by atoms with E-state index in [2.05, 4.69) is 27.7 Å². The summed E-state index contributed by atoms with van der Waals surface area (Å²) in [4.78, 5) is 0. The largest absolute Gasteiger partial charge is 0.393 e. The molecule has 0 heterocycles. The Labute approximate surface area is 160 Å². The molecule has 3 saturated carbocycles. The fourth-order valence-corrected chi connectivity index (χ4v) is 7.12.